The zero-order valence-electron chi connectivity index (χ0n) is 29.8. The van der Waals surface area contributed by atoms with E-state index in [-0.39, 0.29) is 32.6 Å². The summed E-state index contributed by atoms with van der Waals surface area (Å²) < 4.78 is 32.6. The molecule has 9 nitrogen and oxygen atoms in total. The molecule has 0 saturated heterocycles. The van der Waals surface area contributed by atoms with E-state index in [4.69, 9.17) is 24.3 Å². The number of carbonyl (C=O) groups is 2. The molecule has 0 rings (SSSR count). The second-order valence-electron chi connectivity index (χ2n) is 12.1. The molecule has 0 radical (unpaired) electrons. The fraction of sp³-hybridized carbons (Fsp3) is 0.784. The van der Waals surface area contributed by atoms with Gasteiger partial charge in [0.15, 0.2) is 6.10 Å². The Morgan fingerprint density at radius 1 is 0.660 bits per heavy atom. The SMILES string of the molecule is CC/C=C\C/C=C\C/C=C\CCCCCCCC(=O)OC[C@H](COP(=O)(O)OCCN)OC(=O)CCCCCCCCCCCCC. The highest BCUT2D eigenvalue weighted by molar-refractivity contribution is 7.47. The van der Waals surface area contributed by atoms with E-state index >= 15 is 0 Å². The van der Waals surface area contributed by atoms with Gasteiger partial charge in [0, 0.05) is 19.4 Å². The van der Waals surface area contributed by atoms with Crippen molar-refractivity contribution in [2.75, 3.05) is 26.4 Å². The van der Waals surface area contributed by atoms with Crippen molar-refractivity contribution in [3.8, 4) is 0 Å². The van der Waals surface area contributed by atoms with Gasteiger partial charge in [-0.3, -0.25) is 18.6 Å². The molecule has 0 heterocycles. The fourth-order valence-corrected chi connectivity index (χ4v) is 5.59. The third kappa shape index (κ3) is 33.9. The van der Waals surface area contributed by atoms with Crippen molar-refractivity contribution in [1.82, 2.24) is 0 Å². The fourth-order valence-electron chi connectivity index (χ4n) is 4.82. The molecule has 0 spiro atoms. The summed E-state index contributed by atoms with van der Waals surface area (Å²) in [6, 6.07) is 0. The molecular weight excluding hydrogens is 617 g/mol. The minimum absolute atomic E-state index is 0.0510. The molecule has 0 bridgehead atoms. The van der Waals surface area contributed by atoms with Gasteiger partial charge in [-0.2, -0.15) is 0 Å². The quantitative estimate of drug-likeness (QED) is 0.0294. The molecule has 47 heavy (non-hydrogen) atoms. The zero-order valence-corrected chi connectivity index (χ0v) is 30.7. The topological polar surface area (TPSA) is 134 Å². The molecular formula is C37H68NO8P. The Labute approximate surface area is 286 Å². The lowest BCUT2D eigenvalue weighted by molar-refractivity contribution is -0.161. The van der Waals surface area contributed by atoms with Gasteiger partial charge in [-0.1, -0.05) is 134 Å². The van der Waals surface area contributed by atoms with E-state index in [0.717, 1.165) is 70.6 Å². The minimum Gasteiger partial charge on any atom is -0.462 e. The molecule has 10 heteroatoms. The molecule has 1 unspecified atom stereocenters. The van der Waals surface area contributed by atoms with Crippen molar-refractivity contribution in [2.45, 2.75) is 161 Å². The number of phosphoric acid groups is 1. The maximum absolute atomic E-state index is 12.5. The molecule has 3 N–H and O–H groups in total. The molecule has 0 aliphatic rings. The Kier molecular flexibility index (Phi) is 32.8. The predicted octanol–water partition coefficient (Wildman–Crippen LogP) is 9.82. The predicted molar refractivity (Wildman–Crippen MR) is 192 cm³/mol. The van der Waals surface area contributed by atoms with Crippen LogP contribution < -0.4 is 5.73 Å². The van der Waals surface area contributed by atoms with Crippen LogP contribution in [0.2, 0.25) is 0 Å². The monoisotopic (exact) mass is 685 g/mol. The first kappa shape index (κ1) is 45.2. The Morgan fingerprint density at radius 3 is 1.74 bits per heavy atom. The highest BCUT2D eigenvalue weighted by atomic mass is 31.2. The molecule has 274 valence electrons. The van der Waals surface area contributed by atoms with E-state index in [1.54, 1.807) is 0 Å². The number of allylic oxidation sites excluding steroid dienone is 6. The highest BCUT2D eigenvalue weighted by Crippen LogP contribution is 2.43. The molecule has 0 fully saturated rings. The summed E-state index contributed by atoms with van der Waals surface area (Å²) in [6.45, 7) is 3.57. The van der Waals surface area contributed by atoms with Crippen LogP contribution >= 0.6 is 7.82 Å². The summed E-state index contributed by atoms with van der Waals surface area (Å²) in [6.07, 6.45) is 34.6. The number of hydrogen-bond donors (Lipinski definition) is 2. The van der Waals surface area contributed by atoms with E-state index < -0.39 is 32.5 Å². The third-order valence-electron chi connectivity index (χ3n) is 7.54. The number of ether oxygens (including phenoxy) is 2. The van der Waals surface area contributed by atoms with Crippen molar-refractivity contribution < 1.29 is 37.6 Å². The molecule has 0 amide bonds. The first-order valence-corrected chi connectivity index (χ1v) is 20.0. The van der Waals surface area contributed by atoms with Crippen molar-refractivity contribution >= 4 is 19.8 Å². The molecule has 0 aromatic rings. The van der Waals surface area contributed by atoms with Gasteiger partial charge >= 0.3 is 19.8 Å². The lowest BCUT2D eigenvalue weighted by atomic mass is 10.1. The zero-order chi connectivity index (χ0) is 34.7. The number of hydrogen-bond acceptors (Lipinski definition) is 8. The maximum atomic E-state index is 12.5. The standard InChI is InChI=1S/C37H68NO8P/c1-3-5-7-9-11-13-15-16-17-18-20-21-23-25-27-29-36(39)43-33-35(34-45-47(41,42)44-32-31-38)46-37(40)30-28-26-24-22-19-14-12-10-8-6-4-2/h5,7,11,13,16-17,35H,3-4,6,8-10,12,14-15,18-34,38H2,1-2H3,(H,41,42)/b7-5-,13-11-,17-16-/t35-/m1/s1. The van der Waals surface area contributed by atoms with E-state index in [1.807, 2.05) is 0 Å². The number of nitrogens with two attached hydrogens (primary N) is 1. The largest absolute Gasteiger partial charge is 0.472 e. The van der Waals surface area contributed by atoms with Crippen LogP contribution in [0.3, 0.4) is 0 Å². The van der Waals surface area contributed by atoms with E-state index in [9.17, 15) is 19.0 Å². The molecule has 0 saturated carbocycles. The van der Waals surface area contributed by atoms with Crippen molar-refractivity contribution in [3.63, 3.8) is 0 Å². The van der Waals surface area contributed by atoms with Gasteiger partial charge in [-0.05, 0) is 44.9 Å². The van der Waals surface area contributed by atoms with Crippen LogP contribution in [0.4, 0.5) is 0 Å². The second kappa shape index (κ2) is 34.1. The number of carbonyl (C=O) groups excluding carboxylic acids is 2. The van der Waals surface area contributed by atoms with Gasteiger partial charge in [-0.15, -0.1) is 0 Å². The van der Waals surface area contributed by atoms with Crippen LogP contribution in [0.25, 0.3) is 0 Å². The molecule has 0 aromatic heterocycles. The smallest absolute Gasteiger partial charge is 0.462 e. The summed E-state index contributed by atoms with van der Waals surface area (Å²) >= 11 is 0. The second-order valence-corrected chi connectivity index (χ2v) is 13.5. The lowest BCUT2D eigenvalue weighted by Gasteiger charge is -2.19. The first-order chi connectivity index (χ1) is 22.8. The number of rotatable bonds is 34. The van der Waals surface area contributed by atoms with Gasteiger partial charge in [0.2, 0.25) is 0 Å². The Hall–Kier alpha value is -1.77. The summed E-state index contributed by atoms with van der Waals surface area (Å²) in [5.41, 5.74) is 5.32. The van der Waals surface area contributed by atoms with Crippen LogP contribution in [-0.4, -0.2) is 49.3 Å². The van der Waals surface area contributed by atoms with Gasteiger partial charge in [0.05, 0.1) is 13.2 Å². The van der Waals surface area contributed by atoms with E-state index in [2.05, 4.69) is 50.3 Å². The van der Waals surface area contributed by atoms with Gasteiger partial charge in [0.25, 0.3) is 0 Å². The van der Waals surface area contributed by atoms with Crippen molar-refractivity contribution in [2.24, 2.45) is 5.73 Å². The number of esters is 2. The van der Waals surface area contributed by atoms with Crippen molar-refractivity contribution in [3.05, 3.63) is 36.5 Å². The average molecular weight is 686 g/mol. The van der Waals surface area contributed by atoms with Crippen LogP contribution in [0, 0.1) is 0 Å². The van der Waals surface area contributed by atoms with Crippen LogP contribution in [-0.2, 0) is 32.7 Å². The Bertz CT molecular complexity index is 876. The maximum Gasteiger partial charge on any atom is 0.472 e. The molecule has 2 atom stereocenters. The highest BCUT2D eigenvalue weighted by Gasteiger charge is 2.25. The van der Waals surface area contributed by atoms with Gasteiger partial charge in [0.1, 0.15) is 6.61 Å². The van der Waals surface area contributed by atoms with Crippen molar-refractivity contribution in [1.29, 1.82) is 0 Å². The normalized spacial score (nSPS) is 13.9. The number of unbranched alkanes of at least 4 members (excludes halogenated alkanes) is 15. The van der Waals surface area contributed by atoms with Gasteiger partial charge in [-0.25, -0.2) is 4.57 Å². The van der Waals surface area contributed by atoms with Crippen LogP contribution in [0.15, 0.2) is 36.5 Å². The first-order valence-electron chi connectivity index (χ1n) is 18.5. The lowest BCUT2D eigenvalue weighted by Crippen LogP contribution is -2.29. The van der Waals surface area contributed by atoms with E-state index in [0.29, 0.717) is 12.8 Å². The minimum atomic E-state index is -4.37. The molecule has 0 aliphatic carbocycles. The molecule has 0 aromatic carbocycles. The number of phosphoric ester groups is 1. The van der Waals surface area contributed by atoms with Gasteiger partial charge < -0.3 is 20.1 Å². The van der Waals surface area contributed by atoms with Crippen LogP contribution in [0.5, 0.6) is 0 Å². The summed E-state index contributed by atoms with van der Waals surface area (Å²) in [5.74, 6) is -0.850. The summed E-state index contributed by atoms with van der Waals surface area (Å²) in [5, 5.41) is 0. The summed E-state index contributed by atoms with van der Waals surface area (Å²) in [4.78, 5) is 34.6. The summed E-state index contributed by atoms with van der Waals surface area (Å²) in [7, 11) is -4.37. The van der Waals surface area contributed by atoms with E-state index in [1.165, 1.54) is 44.9 Å². The molecule has 0 aliphatic heterocycles. The average Bonchev–Trinajstić information content (AvgIpc) is 3.05. The Balaban J connectivity index is 4.25. The Morgan fingerprint density at radius 2 is 1.17 bits per heavy atom. The third-order valence-corrected chi connectivity index (χ3v) is 8.52. The van der Waals surface area contributed by atoms with Crippen LogP contribution in [0.1, 0.15) is 155 Å².